The first-order valence-corrected chi connectivity index (χ1v) is 12.2. The molecule has 7 heteroatoms. The van der Waals surface area contributed by atoms with E-state index in [1.54, 1.807) is 28.6 Å². The molecule has 0 unspecified atom stereocenters. The van der Waals surface area contributed by atoms with Gasteiger partial charge in [-0.05, 0) is 47.4 Å². The number of benzene rings is 3. The highest BCUT2D eigenvalue weighted by atomic mass is 32.2. The lowest BCUT2D eigenvalue weighted by atomic mass is 9.82. The molecule has 0 amide bonds. The molecule has 3 aromatic rings. The van der Waals surface area contributed by atoms with Gasteiger partial charge in [-0.15, -0.1) is 0 Å². The number of rotatable bonds is 5. The van der Waals surface area contributed by atoms with Gasteiger partial charge < -0.3 is 15.2 Å². The third-order valence-corrected chi connectivity index (χ3v) is 8.51. The number of hydrogen-bond acceptors (Lipinski definition) is 5. The summed E-state index contributed by atoms with van der Waals surface area (Å²) in [6.07, 6.45) is 0.673. The van der Waals surface area contributed by atoms with Crippen molar-refractivity contribution in [2.75, 3.05) is 25.6 Å². The van der Waals surface area contributed by atoms with E-state index in [1.807, 2.05) is 42.5 Å². The van der Waals surface area contributed by atoms with Gasteiger partial charge in [0, 0.05) is 18.2 Å². The van der Waals surface area contributed by atoms with Gasteiger partial charge in [0.2, 0.25) is 10.0 Å². The fraction of sp³-hybridized carbons (Fsp3) is 0.280. The minimum Gasteiger partial charge on any atom is -0.495 e. The van der Waals surface area contributed by atoms with E-state index in [0.29, 0.717) is 18.7 Å². The normalized spacial score (nSPS) is 22.6. The average molecular weight is 451 g/mol. The Morgan fingerprint density at radius 1 is 1.03 bits per heavy atom. The summed E-state index contributed by atoms with van der Waals surface area (Å²) in [5.41, 5.74) is 3.92. The van der Waals surface area contributed by atoms with Crippen molar-refractivity contribution >= 4 is 15.7 Å². The second-order valence-corrected chi connectivity index (χ2v) is 10.1. The van der Waals surface area contributed by atoms with Crippen molar-refractivity contribution in [2.24, 2.45) is 5.92 Å². The van der Waals surface area contributed by atoms with Gasteiger partial charge in [-0.25, -0.2) is 8.42 Å². The summed E-state index contributed by atoms with van der Waals surface area (Å²) >= 11 is 0. The van der Waals surface area contributed by atoms with Crippen LogP contribution in [0.2, 0.25) is 0 Å². The smallest absolute Gasteiger partial charge is 0.247 e. The van der Waals surface area contributed by atoms with Crippen LogP contribution in [-0.4, -0.2) is 44.1 Å². The lowest BCUT2D eigenvalue weighted by molar-refractivity contribution is 0.210. The van der Waals surface area contributed by atoms with E-state index >= 15 is 0 Å². The quantitative estimate of drug-likeness (QED) is 0.616. The minimum absolute atomic E-state index is 0.0250. The van der Waals surface area contributed by atoms with Gasteiger partial charge in [-0.2, -0.15) is 4.31 Å². The molecule has 3 atom stereocenters. The maximum absolute atomic E-state index is 13.8. The topological polar surface area (TPSA) is 78.9 Å². The summed E-state index contributed by atoms with van der Waals surface area (Å²) in [4.78, 5) is 0.169. The molecule has 0 saturated carbocycles. The molecule has 1 fully saturated rings. The zero-order valence-electron chi connectivity index (χ0n) is 17.8. The van der Waals surface area contributed by atoms with E-state index in [2.05, 4.69) is 11.4 Å². The number of ether oxygens (including phenoxy) is 1. The Bertz CT molecular complexity index is 1230. The Morgan fingerprint density at radius 3 is 2.53 bits per heavy atom. The van der Waals surface area contributed by atoms with Crippen LogP contribution in [0.15, 0.2) is 77.7 Å². The van der Waals surface area contributed by atoms with E-state index in [0.717, 1.165) is 22.4 Å². The number of anilines is 1. The highest BCUT2D eigenvalue weighted by Gasteiger charge is 2.49. The van der Waals surface area contributed by atoms with Crippen LogP contribution >= 0.6 is 0 Å². The Morgan fingerprint density at radius 2 is 1.78 bits per heavy atom. The van der Waals surface area contributed by atoms with Crippen LogP contribution in [0.25, 0.3) is 11.1 Å². The predicted octanol–water partition coefficient (Wildman–Crippen LogP) is 3.90. The molecule has 0 aliphatic carbocycles. The molecule has 2 aliphatic rings. The van der Waals surface area contributed by atoms with E-state index < -0.39 is 10.0 Å². The zero-order chi connectivity index (χ0) is 22.3. The molecule has 166 valence electrons. The van der Waals surface area contributed by atoms with E-state index in [1.165, 1.54) is 7.11 Å². The first-order chi connectivity index (χ1) is 15.5. The molecule has 6 nitrogen and oxygen atoms in total. The molecule has 2 N–H and O–H groups in total. The first-order valence-electron chi connectivity index (χ1n) is 10.8. The third kappa shape index (κ3) is 3.37. The Hall–Kier alpha value is -2.87. The number of aliphatic hydroxyl groups is 1. The number of hydrogen-bond donors (Lipinski definition) is 2. The Kier molecular flexibility index (Phi) is 5.41. The molecule has 0 radical (unpaired) electrons. The molecule has 0 bridgehead atoms. The second kappa shape index (κ2) is 8.24. The Labute approximate surface area is 188 Å². The second-order valence-electron chi connectivity index (χ2n) is 8.27. The van der Waals surface area contributed by atoms with E-state index in [9.17, 15) is 13.5 Å². The Balaban J connectivity index is 1.63. The summed E-state index contributed by atoms with van der Waals surface area (Å²) in [7, 11) is -2.32. The van der Waals surface area contributed by atoms with Crippen LogP contribution in [-0.2, 0) is 10.0 Å². The number of sulfonamides is 1. The lowest BCUT2D eigenvalue weighted by Gasteiger charge is -2.39. The SMILES string of the molecule is COc1ccccc1S(=O)(=O)N1CC[C@@H]2[C@H](CO)Nc3ccc(-c4ccccc4)cc3[C@@H]21. The number of para-hydroxylation sites is 1. The average Bonchev–Trinajstić information content (AvgIpc) is 3.30. The largest absolute Gasteiger partial charge is 0.495 e. The van der Waals surface area contributed by atoms with Gasteiger partial charge in [-0.3, -0.25) is 0 Å². The van der Waals surface area contributed by atoms with Crippen LogP contribution < -0.4 is 10.1 Å². The van der Waals surface area contributed by atoms with Crippen LogP contribution in [0.5, 0.6) is 5.75 Å². The minimum atomic E-state index is -3.80. The van der Waals surface area contributed by atoms with Crippen LogP contribution in [0, 0.1) is 5.92 Å². The van der Waals surface area contributed by atoms with Crippen molar-refractivity contribution < 1.29 is 18.3 Å². The van der Waals surface area contributed by atoms with Crippen molar-refractivity contribution in [1.82, 2.24) is 4.31 Å². The van der Waals surface area contributed by atoms with Crippen LogP contribution in [0.4, 0.5) is 5.69 Å². The summed E-state index contributed by atoms with van der Waals surface area (Å²) in [5.74, 6) is 0.310. The molecule has 32 heavy (non-hydrogen) atoms. The number of aliphatic hydroxyl groups excluding tert-OH is 1. The van der Waals surface area contributed by atoms with E-state index in [-0.39, 0.29) is 29.5 Å². The van der Waals surface area contributed by atoms with E-state index in [4.69, 9.17) is 4.74 Å². The van der Waals surface area contributed by atoms with Crippen LogP contribution in [0.1, 0.15) is 18.0 Å². The lowest BCUT2D eigenvalue weighted by Crippen LogP contribution is -2.42. The molecule has 0 spiro atoms. The third-order valence-electron chi connectivity index (χ3n) is 6.59. The summed E-state index contributed by atoms with van der Waals surface area (Å²) in [6.45, 7) is 0.340. The van der Waals surface area contributed by atoms with Gasteiger partial charge in [-0.1, -0.05) is 48.5 Å². The zero-order valence-corrected chi connectivity index (χ0v) is 18.6. The van der Waals surface area contributed by atoms with Crippen molar-refractivity contribution in [2.45, 2.75) is 23.4 Å². The highest BCUT2D eigenvalue weighted by molar-refractivity contribution is 7.89. The van der Waals surface area contributed by atoms with Crippen molar-refractivity contribution in [3.8, 4) is 16.9 Å². The predicted molar refractivity (Wildman–Crippen MR) is 124 cm³/mol. The number of nitrogens with one attached hydrogen (secondary N) is 1. The summed E-state index contributed by atoms with van der Waals surface area (Å²) < 4.78 is 34.5. The van der Waals surface area contributed by atoms with Gasteiger partial charge in [0.1, 0.15) is 10.6 Å². The monoisotopic (exact) mass is 450 g/mol. The molecular weight excluding hydrogens is 424 g/mol. The molecule has 2 heterocycles. The molecular formula is C25H26N2O4S. The maximum Gasteiger partial charge on any atom is 0.247 e. The summed E-state index contributed by atoms with van der Waals surface area (Å²) in [6, 6.07) is 22.3. The maximum atomic E-state index is 13.8. The molecule has 3 aromatic carbocycles. The highest BCUT2D eigenvalue weighted by Crippen LogP contribution is 2.49. The van der Waals surface area contributed by atoms with Crippen molar-refractivity contribution in [1.29, 1.82) is 0 Å². The van der Waals surface area contributed by atoms with Gasteiger partial charge in [0.05, 0.1) is 25.8 Å². The fourth-order valence-corrected chi connectivity index (χ4v) is 6.88. The standard InChI is InChI=1S/C25H26N2O4S/c1-31-23-9-5-6-10-24(23)32(29,30)27-14-13-19-22(16-28)26-21-12-11-18(15-20(21)25(19)27)17-7-3-2-4-8-17/h2-12,15,19,22,25-26,28H,13-14,16H2,1H3/t19-,22+,25-/m1/s1. The number of methoxy groups -OCH3 is 1. The van der Waals surface area contributed by atoms with Gasteiger partial charge in [0.15, 0.2) is 0 Å². The number of nitrogens with zero attached hydrogens (tertiary/aromatic N) is 1. The van der Waals surface area contributed by atoms with Gasteiger partial charge >= 0.3 is 0 Å². The molecule has 5 rings (SSSR count). The molecule has 0 aromatic heterocycles. The van der Waals surface area contributed by atoms with Crippen LogP contribution in [0.3, 0.4) is 0 Å². The molecule has 2 aliphatic heterocycles. The molecule has 1 saturated heterocycles. The van der Waals surface area contributed by atoms with Crippen molar-refractivity contribution in [3.63, 3.8) is 0 Å². The summed E-state index contributed by atoms with van der Waals surface area (Å²) in [5, 5.41) is 13.5. The fourth-order valence-electron chi connectivity index (χ4n) is 5.06. The first kappa shape index (κ1) is 21.0. The van der Waals surface area contributed by atoms with Gasteiger partial charge in [0.25, 0.3) is 0 Å². The van der Waals surface area contributed by atoms with Crippen molar-refractivity contribution in [3.05, 3.63) is 78.4 Å². The number of fused-ring (bicyclic) bond motifs is 3.